The van der Waals surface area contributed by atoms with Crippen molar-refractivity contribution in [1.82, 2.24) is 20.1 Å². The molecule has 1 aliphatic carbocycles. The van der Waals surface area contributed by atoms with Crippen molar-refractivity contribution in [2.24, 2.45) is 0 Å². The second-order valence-corrected chi connectivity index (χ2v) is 8.42. The number of nitrogens with zero attached hydrogens (tertiary/aromatic N) is 3. The Hall–Kier alpha value is -2.80. The van der Waals surface area contributed by atoms with Crippen LogP contribution in [0.4, 0.5) is 0 Å². The number of ether oxygens (including phenoxy) is 2. The van der Waals surface area contributed by atoms with Crippen molar-refractivity contribution in [1.29, 1.82) is 0 Å². The van der Waals surface area contributed by atoms with Crippen molar-refractivity contribution < 1.29 is 14.3 Å². The lowest BCUT2D eigenvalue weighted by Gasteiger charge is -2.14. The van der Waals surface area contributed by atoms with Gasteiger partial charge >= 0.3 is 0 Å². The Bertz CT molecular complexity index is 1120. The first-order valence-electron chi connectivity index (χ1n) is 10.6. The maximum absolute atomic E-state index is 13.2. The van der Waals surface area contributed by atoms with Gasteiger partial charge in [-0.2, -0.15) is 5.10 Å². The molecular weight excluding hydrogens is 416 g/mol. The summed E-state index contributed by atoms with van der Waals surface area (Å²) in [6.07, 6.45) is 3.95. The second-order valence-electron chi connectivity index (χ2n) is 8.01. The molecule has 0 radical (unpaired) electrons. The zero-order valence-corrected chi connectivity index (χ0v) is 19.0. The molecule has 1 saturated carbocycles. The van der Waals surface area contributed by atoms with Gasteiger partial charge in [0.15, 0.2) is 17.1 Å². The number of methoxy groups -OCH3 is 1. The van der Waals surface area contributed by atoms with Crippen molar-refractivity contribution >= 4 is 28.5 Å². The molecule has 1 aliphatic rings. The van der Waals surface area contributed by atoms with Crippen LogP contribution in [0.25, 0.3) is 11.0 Å². The predicted octanol–water partition coefficient (Wildman–Crippen LogP) is 4.88. The highest BCUT2D eigenvalue weighted by Gasteiger charge is 2.28. The molecule has 0 saturated heterocycles. The van der Waals surface area contributed by atoms with Gasteiger partial charge < -0.3 is 14.8 Å². The van der Waals surface area contributed by atoms with Crippen molar-refractivity contribution in [3.8, 4) is 11.5 Å². The summed E-state index contributed by atoms with van der Waals surface area (Å²) < 4.78 is 12.8. The molecule has 0 aliphatic heterocycles. The normalized spacial score (nSPS) is 13.6. The molecule has 2 heterocycles. The van der Waals surface area contributed by atoms with E-state index < -0.39 is 0 Å². The average molecular weight is 443 g/mol. The molecule has 1 amide bonds. The van der Waals surface area contributed by atoms with Gasteiger partial charge in [-0.15, -0.1) is 0 Å². The van der Waals surface area contributed by atoms with Crippen LogP contribution < -0.4 is 14.8 Å². The molecular formula is C23H27ClN4O3. The first-order valence-corrected chi connectivity index (χ1v) is 11.0. The molecule has 3 aromatic rings. The van der Waals surface area contributed by atoms with Crippen LogP contribution in [0.1, 0.15) is 67.2 Å². The van der Waals surface area contributed by atoms with E-state index in [-0.39, 0.29) is 11.9 Å². The lowest BCUT2D eigenvalue weighted by atomic mass is 10.1. The fraction of sp³-hybridized carbons (Fsp3) is 0.435. The largest absolute Gasteiger partial charge is 0.493 e. The van der Waals surface area contributed by atoms with E-state index in [2.05, 4.69) is 24.3 Å². The van der Waals surface area contributed by atoms with Crippen LogP contribution in [-0.4, -0.2) is 34.4 Å². The SMILES string of the molecule is CCOc1c(Cl)cc(CNC(=O)c2cc(C3CC3)nc3c2cnn3C(C)C)cc1OC. The number of hydrogen-bond acceptors (Lipinski definition) is 5. The van der Waals surface area contributed by atoms with E-state index in [1.807, 2.05) is 23.7 Å². The van der Waals surface area contributed by atoms with Gasteiger partial charge in [0, 0.05) is 24.2 Å². The number of pyridine rings is 1. The van der Waals surface area contributed by atoms with Gasteiger partial charge in [-0.1, -0.05) is 11.6 Å². The summed E-state index contributed by atoms with van der Waals surface area (Å²) in [5, 5.41) is 8.68. The third-order valence-corrected chi connectivity index (χ3v) is 5.63. The molecule has 1 N–H and O–H groups in total. The Morgan fingerprint density at radius 1 is 1.32 bits per heavy atom. The van der Waals surface area contributed by atoms with Crippen molar-refractivity contribution in [2.75, 3.05) is 13.7 Å². The van der Waals surface area contributed by atoms with E-state index in [9.17, 15) is 4.79 Å². The van der Waals surface area contributed by atoms with Crippen molar-refractivity contribution in [3.05, 3.63) is 46.2 Å². The minimum absolute atomic E-state index is 0.161. The van der Waals surface area contributed by atoms with E-state index in [1.165, 1.54) is 0 Å². The molecule has 7 nitrogen and oxygen atoms in total. The molecule has 1 fully saturated rings. The van der Waals surface area contributed by atoms with Crippen LogP contribution >= 0.6 is 11.6 Å². The van der Waals surface area contributed by atoms with E-state index in [1.54, 1.807) is 19.4 Å². The minimum Gasteiger partial charge on any atom is -0.493 e. The minimum atomic E-state index is -0.165. The number of carbonyl (C=O) groups excluding carboxylic acids is 1. The fourth-order valence-corrected chi connectivity index (χ4v) is 3.92. The summed E-state index contributed by atoms with van der Waals surface area (Å²) in [7, 11) is 1.57. The molecule has 1 aromatic carbocycles. The van der Waals surface area contributed by atoms with E-state index in [4.69, 9.17) is 26.1 Å². The molecule has 8 heteroatoms. The number of benzene rings is 1. The number of nitrogens with one attached hydrogen (secondary N) is 1. The number of carbonyl (C=O) groups is 1. The van der Waals surface area contributed by atoms with Gasteiger partial charge in [0.25, 0.3) is 5.91 Å². The molecule has 0 bridgehead atoms. The zero-order valence-electron chi connectivity index (χ0n) is 18.2. The number of fused-ring (bicyclic) bond motifs is 1. The Morgan fingerprint density at radius 3 is 2.74 bits per heavy atom. The van der Waals surface area contributed by atoms with Gasteiger partial charge in [0.1, 0.15) is 0 Å². The van der Waals surface area contributed by atoms with Crippen LogP contribution in [0.2, 0.25) is 5.02 Å². The summed E-state index contributed by atoms with van der Waals surface area (Å²) in [6.45, 7) is 6.79. The number of halogens is 1. The molecule has 0 unspecified atom stereocenters. The van der Waals surface area contributed by atoms with Gasteiger partial charge in [0.05, 0.1) is 35.9 Å². The lowest BCUT2D eigenvalue weighted by molar-refractivity contribution is 0.0952. The Morgan fingerprint density at radius 2 is 2.10 bits per heavy atom. The Kier molecular flexibility index (Phi) is 6.05. The predicted molar refractivity (Wildman–Crippen MR) is 120 cm³/mol. The maximum atomic E-state index is 13.2. The number of hydrogen-bond donors (Lipinski definition) is 1. The van der Waals surface area contributed by atoms with E-state index in [0.29, 0.717) is 41.2 Å². The van der Waals surface area contributed by atoms with Gasteiger partial charge in [-0.3, -0.25) is 4.79 Å². The zero-order chi connectivity index (χ0) is 22.1. The molecule has 2 aromatic heterocycles. The summed E-state index contributed by atoms with van der Waals surface area (Å²) in [4.78, 5) is 18.0. The highest BCUT2D eigenvalue weighted by molar-refractivity contribution is 6.32. The second kappa shape index (κ2) is 8.75. The number of amides is 1. The summed E-state index contributed by atoms with van der Waals surface area (Å²) >= 11 is 6.36. The quantitative estimate of drug-likeness (QED) is 0.537. The molecule has 0 spiro atoms. The van der Waals surface area contributed by atoms with Gasteiger partial charge in [-0.05, 0) is 57.4 Å². The summed E-state index contributed by atoms with van der Waals surface area (Å²) in [5.74, 6) is 1.31. The molecule has 0 atom stereocenters. The van der Waals surface area contributed by atoms with Crippen molar-refractivity contribution in [3.63, 3.8) is 0 Å². The Labute approximate surface area is 186 Å². The van der Waals surface area contributed by atoms with Crippen LogP contribution in [0, 0.1) is 0 Å². The third kappa shape index (κ3) is 4.32. The smallest absolute Gasteiger partial charge is 0.252 e. The van der Waals surface area contributed by atoms with Crippen molar-refractivity contribution in [2.45, 2.75) is 52.1 Å². The van der Waals surface area contributed by atoms with Crippen LogP contribution in [0.5, 0.6) is 11.5 Å². The summed E-state index contributed by atoms with van der Waals surface area (Å²) in [5.41, 5.74) is 3.15. The number of aromatic nitrogens is 3. The number of rotatable bonds is 8. The fourth-order valence-electron chi connectivity index (χ4n) is 3.63. The average Bonchev–Trinajstić information content (AvgIpc) is 3.51. The Balaban J connectivity index is 1.61. The third-order valence-electron chi connectivity index (χ3n) is 5.35. The maximum Gasteiger partial charge on any atom is 0.252 e. The topological polar surface area (TPSA) is 78.3 Å². The molecule has 4 rings (SSSR count). The standard InChI is InChI=1S/C23H27ClN4O3/c1-5-31-21-18(24)8-14(9-20(21)30-4)11-25-23(29)16-10-19(15-6-7-15)27-22-17(16)12-26-28(22)13(2)3/h8-10,12-13,15H,5-7,11H2,1-4H3,(H,25,29). The van der Waals surface area contributed by atoms with Gasteiger partial charge in [0.2, 0.25) is 0 Å². The van der Waals surface area contributed by atoms with Gasteiger partial charge in [-0.25, -0.2) is 9.67 Å². The molecule has 164 valence electrons. The first-order chi connectivity index (χ1) is 14.9. The van der Waals surface area contributed by atoms with Crippen LogP contribution in [0.3, 0.4) is 0 Å². The lowest BCUT2D eigenvalue weighted by Crippen LogP contribution is -2.23. The van der Waals surface area contributed by atoms with Crippen LogP contribution in [-0.2, 0) is 6.54 Å². The highest BCUT2D eigenvalue weighted by Crippen LogP contribution is 2.40. The van der Waals surface area contributed by atoms with E-state index >= 15 is 0 Å². The van der Waals surface area contributed by atoms with Crippen LogP contribution in [0.15, 0.2) is 24.4 Å². The monoisotopic (exact) mass is 442 g/mol. The summed E-state index contributed by atoms with van der Waals surface area (Å²) in [6, 6.07) is 5.68. The van der Waals surface area contributed by atoms with E-state index in [0.717, 1.165) is 35.1 Å². The first kappa shape index (κ1) is 21.4. The highest BCUT2D eigenvalue weighted by atomic mass is 35.5. The molecule has 31 heavy (non-hydrogen) atoms.